The number of rotatable bonds is 2. The van der Waals surface area contributed by atoms with Crippen molar-refractivity contribution in [3.8, 4) is 11.1 Å². The molecule has 0 unspecified atom stereocenters. The Balaban J connectivity index is 0.000000497. The summed E-state index contributed by atoms with van der Waals surface area (Å²) in [5.41, 5.74) is 5.01. The first kappa shape index (κ1) is 15.3. The molecule has 1 aliphatic rings. The highest BCUT2D eigenvalue weighted by Gasteiger charge is 2.28. The van der Waals surface area contributed by atoms with Crippen LogP contribution >= 0.6 is 0 Å². The third kappa shape index (κ3) is 3.33. The molecule has 21 heavy (non-hydrogen) atoms. The summed E-state index contributed by atoms with van der Waals surface area (Å²) in [6.45, 7) is 6.12. The number of ether oxygens (including phenoxy) is 1. The summed E-state index contributed by atoms with van der Waals surface area (Å²) in [5.74, 6) is -0.0573. The molecule has 0 saturated carbocycles. The number of carbonyl (C=O) groups is 1. The van der Waals surface area contributed by atoms with Gasteiger partial charge in [-0.25, -0.2) is 0 Å². The van der Waals surface area contributed by atoms with Crippen LogP contribution in [0.15, 0.2) is 48.5 Å². The van der Waals surface area contributed by atoms with Gasteiger partial charge in [-0.3, -0.25) is 4.79 Å². The SMILES string of the molecule is CC(=O)OCC1c2ccccc2-c2ccccc21.CCC. The molecule has 0 aromatic heterocycles. The second kappa shape index (κ2) is 7.07. The zero-order valence-electron chi connectivity index (χ0n) is 12.9. The van der Waals surface area contributed by atoms with E-state index in [2.05, 4.69) is 38.1 Å². The molecule has 2 nitrogen and oxygen atoms in total. The molecular formula is C19H22O2. The number of benzene rings is 2. The van der Waals surface area contributed by atoms with Crippen LogP contribution in [0.25, 0.3) is 11.1 Å². The fourth-order valence-corrected chi connectivity index (χ4v) is 2.64. The van der Waals surface area contributed by atoms with E-state index in [1.165, 1.54) is 35.6 Å². The fraction of sp³-hybridized carbons (Fsp3) is 0.316. The summed E-state index contributed by atoms with van der Waals surface area (Å²) >= 11 is 0. The molecular weight excluding hydrogens is 260 g/mol. The predicted octanol–water partition coefficient (Wildman–Crippen LogP) is 4.78. The van der Waals surface area contributed by atoms with Gasteiger partial charge in [0.1, 0.15) is 6.61 Å². The van der Waals surface area contributed by atoms with Crippen LogP contribution in [0.3, 0.4) is 0 Å². The smallest absolute Gasteiger partial charge is 0.302 e. The van der Waals surface area contributed by atoms with Gasteiger partial charge in [-0.15, -0.1) is 0 Å². The van der Waals surface area contributed by atoms with Crippen molar-refractivity contribution in [2.24, 2.45) is 0 Å². The molecule has 2 aromatic carbocycles. The molecule has 0 atom stereocenters. The van der Waals surface area contributed by atoms with Crippen LogP contribution in [0, 0.1) is 0 Å². The topological polar surface area (TPSA) is 26.3 Å². The normalized spacial score (nSPS) is 12.0. The maximum Gasteiger partial charge on any atom is 0.302 e. The molecule has 0 amide bonds. The van der Waals surface area contributed by atoms with E-state index in [9.17, 15) is 4.79 Å². The van der Waals surface area contributed by atoms with Gasteiger partial charge in [-0.05, 0) is 22.3 Å². The second-order valence-electron chi connectivity index (χ2n) is 5.24. The van der Waals surface area contributed by atoms with Crippen molar-refractivity contribution in [2.45, 2.75) is 33.1 Å². The third-order valence-corrected chi connectivity index (χ3v) is 3.42. The molecule has 0 bridgehead atoms. The Morgan fingerprint density at radius 2 is 1.38 bits per heavy atom. The number of fused-ring (bicyclic) bond motifs is 3. The van der Waals surface area contributed by atoms with E-state index in [-0.39, 0.29) is 11.9 Å². The molecule has 0 fully saturated rings. The summed E-state index contributed by atoms with van der Waals surface area (Å²) in [5, 5.41) is 0. The van der Waals surface area contributed by atoms with Crippen molar-refractivity contribution in [3.05, 3.63) is 59.7 Å². The molecule has 0 saturated heterocycles. The summed E-state index contributed by atoms with van der Waals surface area (Å²) in [6, 6.07) is 16.6. The Morgan fingerprint density at radius 1 is 0.952 bits per heavy atom. The standard InChI is InChI=1S/C16H14O2.C3H8/c1-11(17)18-10-16-14-8-4-2-6-12(14)13-7-3-5-9-15(13)16;1-3-2/h2-9,16H,10H2,1H3;3H2,1-2H3. The van der Waals surface area contributed by atoms with E-state index in [4.69, 9.17) is 4.74 Å². The van der Waals surface area contributed by atoms with E-state index >= 15 is 0 Å². The Kier molecular flexibility index (Phi) is 5.15. The van der Waals surface area contributed by atoms with Crippen molar-refractivity contribution in [3.63, 3.8) is 0 Å². The Labute approximate surface area is 126 Å². The first-order chi connectivity index (χ1) is 10.2. The largest absolute Gasteiger partial charge is 0.465 e. The molecule has 3 rings (SSSR count). The zero-order chi connectivity index (χ0) is 15.2. The lowest BCUT2D eigenvalue weighted by Crippen LogP contribution is -2.09. The van der Waals surface area contributed by atoms with Crippen molar-refractivity contribution in [1.82, 2.24) is 0 Å². The van der Waals surface area contributed by atoms with Crippen LogP contribution in [0.2, 0.25) is 0 Å². The van der Waals surface area contributed by atoms with Gasteiger partial charge < -0.3 is 4.74 Å². The lowest BCUT2D eigenvalue weighted by Gasteiger charge is -2.12. The fourth-order valence-electron chi connectivity index (χ4n) is 2.64. The van der Waals surface area contributed by atoms with Gasteiger partial charge in [0, 0.05) is 12.8 Å². The maximum atomic E-state index is 11.0. The highest BCUT2D eigenvalue weighted by atomic mass is 16.5. The Hall–Kier alpha value is -2.09. The van der Waals surface area contributed by atoms with Gasteiger partial charge in [0.25, 0.3) is 0 Å². The average molecular weight is 282 g/mol. The van der Waals surface area contributed by atoms with Gasteiger partial charge in [0.2, 0.25) is 0 Å². The molecule has 0 radical (unpaired) electrons. The van der Waals surface area contributed by atoms with Gasteiger partial charge in [-0.1, -0.05) is 68.8 Å². The predicted molar refractivity (Wildman–Crippen MR) is 86.3 cm³/mol. The molecule has 0 spiro atoms. The van der Waals surface area contributed by atoms with E-state index < -0.39 is 0 Å². The quantitative estimate of drug-likeness (QED) is 0.741. The van der Waals surface area contributed by atoms with Crippen LogP contribution in [0.1, 0.15) is 44.2 Å². The van der Waals surface area contributed by atoms with Gasteiger partial charge in [0.05, 0.1) is 0 Å². The summed E-state index contributed by atoms with van der Waals surface area (Å²) in [7, 11) is 0. The first-order valence-corrected chi connectivity index (χ1v) is 7.50. The first-order valence-electron chi connectivity index (χ1n) is 7.50. The molecule has 0 heterocycles. The van der Waals surface area contributed by atoms with Gasteiger partial charge >= 0.3 is 5.97 Å². The van der Waals surface area contributed by atoms with Crippen LogP contribution in [0.4, 0.5) is 0 Å². The van der Waals surface area contributed by atoms with Crippen LogP contribution in [0.5, 0.6) is 0 Å². The number of esters is 1. The van der Waals surface area contributed by atoms with Crippen molar-refractivity contribution < 1.29 is 9.53 Å². The number of hydrogen-bond donors (Lipinski definition) is 0. The molecule has 110 valence electrons. The third-order valence-electron chi connectivity index (χ3n) is 3.42. The van der Waals surface area contributed by atoms with Gasteiger partial charge in [-0.2, -0.15) is 0 Å². The van der Waals surface area contributed by atoms with Crippen LogP contribution < -0.4 is 0 Å². The monoisotopic (exact) mass is 282 g/mol. The summed E-state index contributed by atoms with van der Waals surface area (Å²) < 4.78 is 5.20. The van der Waals surface area contributed by atoms with E-state index in [1.54, 1.807) is 0 Å². The minimum atomic E-state index is -0.225. The van der Waals surface area contributed by atoms with Crippen LogP contribution in [-0.4, -0.2) is 12.6 Å². The Morgan fingerprint density at radius 3 is 1.81 bits per heavy atom. The average Bonchev–Trinajstić information content (AvgIpc) is 2.80. The maximum absolute atomic E-state index is 11.0. The summed E-state index contributed by atoms with van der Waals surface area (Å²) in [6.07, 6.45) is 1.25. The van der Waals surface area contributed by atoms with Gasteiger partial charge in [0.15, 0.2) is 0 Å². The molecule has 1 aliphatic carbocycles. The molecule has 2 heteroatoms. The molecule has 0 N–H and O–H groups in total. The lowest BCUT2D eigenvalue weighted by atomic mass is 9.98. The number of carbonyl (C=O) groups excluding carboxylic acids is 1. The van der Waals surface area contributed by atoms with Crippen molar-refractivity contribution in [1.29, 1.82) is 0 Å². The number of hydrogen-bond acceptors (Lipinski definition) is 2. The molecule has 0 aliphatic heterocycles. The second-order valence-corrected chi connectivity index (χ2v) is 5.24. The van der Waals surface area contributed by atoms with Crippen LogP contribution in [-0.2, 0) is 9.53 Å². The van der Waals surface area contributed by atoms with E-state index in [1.807, 2.05) is 24.3 Å². The van der Waals surface area contributed by atoms with E-state index in [0.717, 1.165) is 0 Å². The summed E-state index contributed by atoms with van der Waals surface area (Å²) in [4.78, 5) is 11.0. The zero-order valence-corrected chi connectivity index (χ0v) is 12.9. The Bertz CT molecular complexity index is 571. The highest BCUT2D eigenvalue weighted by molar-refractivity contribution is 5.79. The highest BCUT2D eigenvalue weighted by Crippen LogP contribution is 2.44. The minimum Gasteiger partial charge on any atom is -0.465 e. The molecule has 2 aromatic rings. The lowest BCUT2D eigenvalue weighted by molar-refractivity contribution is -0.141. The van der Waals surface area contributed by atoms with Crippen molar-refractivity contribution in [2.75, 3.05) is 6.61 Å². The minimum absolute atomic E-state index is 0.168. The van der Waals surface area contributed by atoms with E-state index in [0.29, 0.717) is 6.61 Å². The van der Waals surface area contributed by atoms with Crippen molar-refractivity contribution >= 4 is 5.97 Å².